The Labute approximate surface area is 204 Å². The van der Waals surface area contributed by atoms with Crippen molar-refractivity contribution in [2.75, 3.05) is 31.8 Å². The van der Waals surface area contributed by atoms with E-state index in [-0.39, 0.29) is 4.90 Å². The smallest absolute Gasteiger partial charge is 0.294 e. The Bertz CT molecular complexity index is 830. The van der Waals surface area contributed by atoms with Crippen molar-refractivity contribution in [3.63, 3.8) is 0 Å². The van der Waals surface area contributed by atoms with E-state index in [1.807, 2.05) is 14.0 Å². The zero-order valence-electron chi connectivity index (χ0n) is 21.6. The molecule has 0 spiro atoms. The molecule has 1 aromatic rings. The molecule has 6 nitrogen and oxygen atoms in total. The number of quaternary nitrogens is 1. The third-order valence-corrected chi connectivity index (χ3v) is 8.96. The lowest BCUT2D eigenvalue weighted by atomic mass is 10.1. The van der Waals surface area contributed by atoms with Gasteiger partial charge in [-0.3, -0.25) is 4.55 Å². The van der Waals surface area contributed by atoms with Gasteiger partial charge in [0.2, 0.25) is 9.84 Å². The first-order valence-electron chi connectivity index (χ1n) is 12.5. The maximum absolute atomic E-state index is 12.2. The third kappa shape index (κ3) is 16.3. The highest BCUT2D eigenvalue weighted by Gasteiger charge is 2.25. The molecule has 33 heavy (non-hydrogen) atoms. The zero-order valence-corrected chi connectivity index (χ0v) is 23.2. The number of aryl methyl sites for hydroxylation is 1. The van der Waals surface area contributed by atoms with Gasteiger partial charge in [-0.2, -0.15) is 8.42 Å². The molecule has 0 radical (unpaired) electrons. The van der Waals surface area contributed by atoms with Crippen LogP contribution in [0.1, 0.15) is 90.5 Å². The molecule has 0 atom stereocenters. The number of benzene rings is 1. The summed E-state index contributed by atoms with van der Waals surface area (Å²) in [6.45, 7) is 9.99. The zero-order chi connectivity index (χ0) is 25.4. The van der Waals surface area contributed by atoms with Crippen LogP contribution in [0.4, 0.5) is 0 Å². The van der Waals surface area contributed by atoms with Crippen molar-refractivity contribution < 1.29 is 25.9 Å². The highest BCUT2D eigenvalue weighted by Crippen LogP contribution is 2.13. The van der Waals surface area contributed by atoms with Crippen LogP contribution >= 0.6 is 0 Å². The van der Waals surface area contributed by atoms with Crippen LogP contribution in [0, 0.1) is 6.92 Å². The quantitative estimate of drug-likeness (QED) is 0.169. The largest absolute Gasteiger partial charge is 0.314 e. The lowest BCUT2D eigenvalue weighted by Crippen LogP contribution is -2.47. The maximum atomic E-state index is 12.2. The summed E-state index contributed by atoms with van der Waals surface area (Å²) in [6, 6.07) is 5.99. The molecule has 1 rings (SSSR count). The molecular formula is C25H48NO5S2+. The number of nitrogens with zero attached hydrogens (tertiary/aromatic N) is 1. The number of hydrogen-bond donors (Lipinski definition) is 1. The third-order valence-electron chi connectivity index (χ3n) is 6.16. The summed E-state index contributed by atoms with van der Waals surface area (Å²) < 4.78 is 54.6. The lowest BCUT2D eigenvalue weighted by Gasteiger charge is -2.31. The molecule has 0 aliphatic heterocycles. The number of unbranched alkanes of at least 4 members (excludes halogenated alkanes) is 9. The Hall–Kier alpha value is -0.960. The monoisotopic (exact) mass is 506 g/mol. The van der Waals surface area contributed by atoms with Gasteiger partial charge < -0.3 is 4.48 Å². The fourth-order valence-electron chi connectivity index (χ4n) is 3.47. The average Bonchev–Trinajstić information content (AvgIpc) is 2.74. The van der Waals surface area contributed by atoms with Gasteiger partial charge in [0, 0.05) is 0 Å². The molecule has 0 saturated carbocycles. The topological polar surface area (TPSA) is 88.5 Å². The van der Waals surface area contributed by atoms with Crippen LogP contribution < -0.4 is 0 Å². The van der Waals surface area contributed by atoms with E-state index in [1.165, 1.54) is 63.5 Å². The number of hydrogen-bond acceptors (Lipinski definition) is 4. The van der Waals surface area contributed by atoms with Crippen molar-refractivity contribution in [2.24, 2.45) is 0 Å². The van der Waals surface area contributed by atoms with Gasteiger partial charge in [0.25, 0.3) is 10.1 Å². The Balaban J connectivity index is 0.000000771. The molecule has 0 aliphatic carbocycles. The van der Waals surface area contributed by atoms with Crippen LogP contribution in [0.2, 0.25) is 0 Å². The Morgan fingerprint density at radius 3 is 1.55 bits per heavy atom. The normalized spacial score (nSPS) is 12.3. The highest BCUT2D eigenvalue weighted by molar-refractivity contribution is 7.91. The first-order chi connectivity index (χ1) is 15.4. The molecule has 0 saturated heterocycles. The van der Waals surface area contributed by atoms with Gasteiger partial charge >= 0.3 is 0 Å². The van der Waals surface area contributed by atoms with Crippen LogP contribution in [0.15, 0.2) is 29.2 Å². The molecular weight excluding hydrogens is 458 g/mol. The van der Waals surface area contributed by atoms with Crippen molar-refractivity contribution in [1.29, 1.82) is 0 Å². The lowest BCUT2D eigenvalue weighted by molar-refractivity contribution is -0.894. The molecule has 8 heteroatoms. The Morgan fingerprint density at radius 2 is 1.15 bits per heavy atom. The molecule has 0 aromatic heterocycles. The predicted octanol–water partition coefficient (Wildman–Crippen LogP) is 6.01. The van der Waals surface area contributed by atoms with E-state index in [1.54, 1.807) is 12.1 Å². The van der Waals surface area contributed by atoms with Crippen molar-refractivity contribution in [1.82, 2.24) is 0 Å². The Morgan fingerprint density at radius 1 is 0.727 bits per heavy atom. The fourth-order valence-corrected chi connectivity index (χ4v) is 6.03. The molecule has 0 bridgehead atoms. The molecule has 0 amide bonds. The van der Waals surface area contributed by atoms with E-state index < -0.39 is 20.0 Å². The van der Waals surface area contributed by atoms with Gasteiger partial charge in [-0.25, -0.2) is 8.42 Å². The van der Waals surface area contributed by atoms with Crippen LogP contribution in [0.5, 0.6) is 0 Å². The van der Waals surface area contributed by atoms with Gasteiger partial charge in [0.1, 0.15) is 0 Å². The van der Waals surface area contributed by atoms with Gasteiger partial charge in [0.05, 0.1) is 30.8 Å². The molecule has 0 aliphatic rings. The SMILES string of the molecule is CCCCCCCCCCCCS(=O)(=O)C[N+](C)(CC)CC.Cc1ccc(S(=O)(=O)O)cc1. The molecule has 0 unspecified atom stereocenters. The maximum Gasteiger partial charge on any atom is 0.294 e. The van der Waals surface area contributed by atoms with E-state index in [4.69, 9.17) is 4.55 Å². The molecule has 194 valence electrons. The van der Waals surface area contributed by atoms with Crippen molar-refractivity contribution in [3.8, 4) is 0 Å². The van der Waals surface area contributed by atoms with E-state index in [2.05, 4.69) is 20.8 Å². The average molecular weight is 507 g/mol. The van der Waals surface area contributed by atoms with Crippen LogP contribution in [-0.4, -0.2) is 57.6 Å². The van der Waals surface area contributed by atoms with Crippen LogP contribution in [0.3, 0.4) is 0 Å². The summed E-state index contributed by atoms with van der Waals surface area (Å²) in [7, 11) is -4.88. The summed E-state index contributed by atoms with van der Waals surface area (Å²) in [6.07, 6.45) is 12.4. The second-order valence-corrected chi connectivity index (χ2v) is 12.9. The van der Waals surface area contributed by atoms with Crippen molar-refractivity contribution in [3.05, 3.63) is 29.8 Å². The summed E-state index contributed by atoms with van der Waals surface area (Å²) in [5.74, 6) is 0.675. The minimum Gasteiger partial charge on any atom is -0.314 e. The van der Waals surface area contributed by atoms with Gasteiger partial charge in [-0.15, -0.1) is 0 Å². The van der Waals surface area contributed by atoms with Crippen molar-refractivity contribution >= 4 is 20.0 Å². The fraction of sp³-hybridized carbons (Fsp3) is 0.760. The number of rotatable bonds is 16. The Kier molecular flexibility index (Phi) is 16.1. The summed E-state index contributed by atoms with van der Waals surface area (Å²) in [4.78, 5) is -0.0666. The minimum absolute atomic E-state index is 0.0666. The standard InChI is InChI=1S/C18H40NO2S.C7H8O3S/c1-5-8-9-10-11-12-13-14-15-16-17-22(20,21)18-19(4,6-2)7-3;1-6-2-4-7(5-3-6)11(8,9)10/h5-18H2,1-4H3;2-5H,1H3,(H,8,9,10)/q+1;. The predicted molar refractivity (Wildman–Crippen MR) is 139 cm³/mol. The number of sulfone groups is 1. The summed E-state index contributed by atoms with van der Waals surface area (Å²) >= 11 is 0. The first-order valence-corrected chi connectivity index (χ1v) is 15.7. The van der Waals surface area contributed by atoms with Gasteiger partial charge in [-0.1, -0.05) is 82.4 Å². The second kappa shape index (κ2) is 16.6. The van der Waals surface area contributed by atoms with E-state index in [0.29, 0.717) is 16.1 Å². The second-order valence-electron chi connectivity index (χ2n) is 9.30. The summed E-state index contributed by atoms with van der Waals surface area (Å²) in [5, 5.41) is 0. The molecule has 1 aromatic carbocycles. The van der Waals surface area contributed by atoms with E-state index in [0.717, 1.165) is 31.5 Å². The van der Waals surface area contributed by atoms with Crippen LogP contribution in [-0.2, 0) is 20.0 Å². The van der Waals surface area contributed by atoms with Crippen molar-refractivity contribution in [2.45, 2.75) is 96.8 Å². The van der Waals surface area contributed by atoms with Crippen LogP contribution in [0.25, 0.3) is 0 Å². The molecule has 0 heterocycles. The van der Waals surface area contributed by atoms with E-state index >= 15 is 0 Å². The molecule has 1 N–H and O–H groups in total. The van der Waals surface area contributed by atoms with E-state index in [9.17, 15) is 16.8 Å². The molecule has 0 fully saturated rings. The van der Waals surface area contributed by atoms with Gasteiger partial charge in [0.15, 0.2) is 5.88 Å². The highest BCUT2D eigenvalue weighted by atomic mass is 32.2. The first kappa shape index (κ1) is 32.0. The van der Waals surface area contributed by atoms with Gasteiger partial charge in [-0.05, 0) is 39.3 Å². The minimum atomic E-state index is -4.02. The summed E-state index contributed by atoms with van der Waals surface area (Å²) in [5.41, 5.74) is 0.956.